The fourth-order valence-corrected chi connectivity index (χ4v) is 2.66. The van der Waals surface area contributed by atoms with Crippen LogP contribution in [0.15, 0.2) is 12.2 Å². The lowest BCUT2D eigenvalue weighted by Gasteiger charge is -2.35. The zero-order chi connectivity index (χ0) is 14.5. The highest BCUT2D eigenvalue weighted by molar-refractivity contribution is 5.92. The van der Waals surface area contributed by atoms with Crippen molar-refractivity contribution in [3.8, 4) is 0 Å². The molecule has 1 aliphatic heterocycles. The summed E-state index contributed by atoms with van der Waals surface area (Å²) in [4.78, 5) is 37.1. The van der Waals surface area contributed by atoms with E-state index in [4.69, 9.17) is 0 Å². The third-order valence-electron chi connectivity index (χ3n) is 3.79. The van der Waals surface area contributed by atoms with Gasteiger partial charge in [0.25, 0.3) is 0 Å². The Hall–Kier alpha value is -1.85. The molecule has 0 radical (unpaired) electrons. The summed E-state index contributed by atoms with van der Waals surface area (Å²) < 4.78 is 4.59. The quantitative estimate of drug-likeness (QED) is 0.591. The van der Waals surface area contributed by atoms with Crippen molar-refractivity contribution in [3.63, 3.8) is 0 Å². The van der Waals surface area contributed by atoms with Crippen LogP contribution >= 0.6 is 0 Å². The maximum Gasteiger partial charge on any atom is 0.308 e. The maximum atomic E-state index is 12.3. The van der Waals surface area contributed by atoms with E-state index in [-0.39, 0.29) is 24.2 Å². The molecule has 1 aliphatic carbocycles. The number of rotatable bonds is 4. The van der Waals surface area contributed by atoms with Crippen LogP contribution < -0.4 is 5.32 Å². The Labute approximate surface area is 118 Å². The van der Waals surface area contributed by atoms with Gasteiger partial charge in [0.1, 0.15) is 6.04 Å². The standard InChI is InChI=1S/C14H20N2O4/c1-20-13(18)9-11-14(19)15-6-7-16(11)12(17)8-10-4-2-3-5-10/h2,4,10-11H,3,5-9H2,1H3,(H,15,19)/t10-,11+/m0/s1. The Morgan fingerprint density at radius 3 is 2.90 bits per heavy atom. The lowest BCUT2D eigenvalue weighted by Crippen LogP contribution is -2.58. The fourth-order valence-electron chi connectivity index (χ4n) is 2.66. The van der Waals surface area contributed by atoms with Crippen LogP contribution in [0, 0.1) is 5.92 Å². The van der Waals surface area contributed by atoms with Crippen LogP contribution in [0.5, 0.6) is 0 Å². The van der Waals surface area contributed by atoms with Gasteiger partial charge in [-0.25, -0.2) is 0 Å². The van der Waals surface area contributed by atoms with Gasteiger partial charge in [-0.05, 0) is 18.8 Å². The number of nitrogens with zero attached hydrogens (tertiary/aromatic N) is 1. The lowest BCUT2D eigenvalue weighted by atomic mass is 10.0. The van der Waals surface area contributed by atoms with E-state index in [0.29, 0.717) is 19.5 Å². The summed E-state index contributed by atoms with van der Waals surface area (Å²) in [6, 6.07) is -0.742. The molecule has 2 atom stereocenters. The van der Waals surface area contributed by atoms with E-state index in [1.807, 2.05) is 0 Å². The number of amides is 2. The molecule has 1 saturated heterocycles. The summed E-state index contributed by atoms with van der Waals surface area (Å²) in [6.45, 7) is 0.880. The van der Waals surface area contributed by atoms with Crippen molar-refractivity contribution in [1.82, 2.24) is 10.2 Å². The number of esters is 1. The zero-order valence-corrected chi connectivity index (χ0v) is 11.6. The maximum absolute atomic E-state index is 12.3. The fraction of sp³-hybridized carbons (Fsp3) is 0.643. The van der Waals surface area contributed by atoms with Crippen LogP contribution in [-0.4, -0.2) is 48.9 Å². The second-order valence-corrected chi connectivity index (χ2v) is 5.14. The van der Waals surface area contributed by atoms with Crippen LogP contribution in [0.25, 0.3) is 0 Å². The molecule has 0 unspecified atom stereocenters. The number of carbonyl (C=O) groups is 3. The van der Waals surface area contributed by atoms with Gasteiger partial charge < -0.3 is 15.0 Å². The van der Waals surface area contributed by atoms with E-state index in [9.17, 15) is 14.4 Å². The van der Waals surface area contributed by atoms with Crippen molar-refractivity contribution in [2.24, 2.45) is 5.92 Å². The van der Waals surface area contributed by atoms with Gasteiger partial charge >= 0.3 is 5.97 Å². The lowest BCUT2D eigenvalue weighted by molar-refractivity contribution is -0.150. The highest BCUT2D eigenvalue weighted by atomic mass is 16.5. The Bertz CT molecular complexity index is 433. The molecule has 2 rings (SSSR count). The first-order chi connectivity index (χ1) is 9.61. The molecule has 1 N–H and O–H groups in total. The number of hydrogen-bond acceptors (Lipinski definition) is 4. The molecule has 2 aliphatic rings. The van der Waals surface area contributed by atoms with E-state index in [0.717, 1.165) is 12.8 Å². The monoisotopic (exact) mass is 280 g/mol. The smallest absolute Gasteiger partial charge is 0.308 e. The van der Waals surface area contributed by atoms with Gasteiger partial charge in [0, 0.05) is 19.5 Å². The minimum atomic E-state index is -0.742. The third kappa shape index (κ3) is 3.37. The minimum Gasteiger partial charge on any atom is -0.469 e. The second kappa shape index (κ2) is 6.54. The number of nitrogens with one attached hydrogen (secondary N) is 1. The number of piperazine rings is 1. The van der Waals surface area contributed by atoms with Gasteiger partial charge in [0.2, 0.25) is 11.8 Å². The average molecular weight is 280 g/mol. The molecular formula is C14H20N2O4. The summed E-state index contributed by atoms with van der Waals surface area (Å²) in [5, 5.41) is 2.69. The number of methoxy groups -OCH3 is 1. The summed E-state index contributed by atoms with van der Waals surface area (Å²) in [5.74, 6) is -0.570. The van der Waals surface area contributed by atoms with Crippen molar-refractivity contribution >= 4 is 17.8 Å². The van der Waals surface area contributed by atoms with Gasteiger partial charge in [0.05, 0.1) is 13.5 Å². The molecule has 2 amide bonds. The average Bonchev–Trinajstić information content (AvgIpc) is 2.93. The van der Waals surface area contributed by atoms with E-state index in [2.05, 4.69) is 22.2 Å². The molecule has 110 valence electrons. The third-order valence-corrected chi connectivity index (χ3v) is 3.79. The largest absolute Gasteiger partial charge is 0.469 e. The molecule has 1 fully saturated rings. The summed E-state index contributed by atoms with van der Waals surface area (Å²) in [5.41, 5.74) is 0. The highest BCUT2D eigenvalue weighted by Crippen LogP contribution is 2.22. The van der Waals surface area contributed by atoms with Crippen molar-refractivity contribution in [2.75, 3.05) is 20.2 Å². The Kier molecular flexibility index (Phi) is 4.76. The molecule has 6 heteroatoms. The molecule has 1 heterocycles. The summed E-state index contributed by atoms with van der Waals surface area (Å²) in [6.07, 6.45) is 6.43. The molecular weight excluding hydrogens is 260 g/mol. The molecule has 0 aromatic carbocycles. The molecule has 0 spiro atoms. The number of ether oxygens (including phenoxy) is 1. The van der Waals surface area contributed by atoms with Crippen molar-refractivity contribution in [3.05, 3.63) is 12.2 Å². The molecule has 0 saturated carbocycles. The van der Waals surface area contributed by atoms with Gasteiger partial charge in [0.15, 0.2) is 0 Å². The minimum absolute atomic E-state index is 0.0645. The van der Waals surface area contributed by atoms with Crippen molar-refractivity contribution < 1.29 is 19.1 Å². The molecule has 20 heavy (non-hydrogen) atoms. The number of carbonyl (C=O) groups excluding carboxylic acids is 3. The van der Waals surface area contributed by atoms with E-state index >= 15 is 0 Å². The van der Waals surface area contributed by atoms with Gasteiger partial charge in [-0.1, -0.05) is 12.2 Å². The predicted molar refractivity (Wildman–Crippen MR) is 71.6 cm³/mol. The van der Waals surface area contributed by atoms with Crippen LogP contribution in [0.3, 0.4) is 0 Å². The topological polar surface area (TPSA) is 75.7 Å². The zero-order valence-electron chi connectivity index (χ0n) is 11.6. The van der Waals surface area contributed by atoms with E-state index in [1.165, 1.54) is 12.0 Å². The summed E-state index contributed by atoms with van der Waals surface area (Å²) >= 11 is 0. The first-order valence-corrected chi connectivity index (χ1v) is 6.92. The van der Waals surface area contributed by atoms with Crippen LogP contribution in [0.4, 0.5) is 0 Å². The molecule has 0 aromatic rings. The van der Waals surface area contributed by atoms with Crippen molar-refractivity contribution in [2.45, 2.75) is 31.7 Å². The van der Waals surface area contributed by atoms with Gasteiger partial charge in [-0.15, -0.1) is 0 Å². The number of allylic oxidation sites excluding steroid dienone is 2. The summed E-state index contributed by atoms with van der Waals surface area (Å²) in [7, 11) is 1.28. The van der Waals surface area contributed by atoms with Crippen LogP contribution in [-0.2, 0) is 19.1 Å². The second-order valence-electron chi connectivity index (χ2n) is 5.14. The van der Waals surface area contributed by atoms with Crippen molar-refractivity contribution in [1.29, 1.82) is 0 Å². The predicted octanol–water partition coefficient (Wildman–Crippen LogP) is 0.233. The first kappa shape index (κ1) is 14.6. The van der Waals surface area contributed by atoms with Gasteiger partial charge in [-0.3, -0.25) is 14.4 Å². The van der Waals surface area contributed by atoms with Crippen LogP contribution in [0.1, 0.15) is 25.7 Å². The molecule has 0 aromatic heterocycles. The SMILES string of the molecule is COC(=O)C[C@@H]1C(=O)NCCN1C(=O)C[C@H]1C=CCC1. The molecule has 6 nitrogen and oxygen atoms in total. The Balaban J connectivity index is 2.01. The van der Waals surface area contributed by atoms with E-state index in [1.54, 1.807) is 0 Å². The van der Waals surface area contributed by atoms with Gasteiger partial charge in [-0.2, -0.15) is 0 Å². The normalized spacial score (nSPS) is 25.4. The number of hydrogen-bond donors (Lipinski definition) is 1. The molecule has 0 bridgehead atoms. The van der Waals surface area contributed by atoms with Crippen LogP contribution in [0.2, 0.25) is 0 Å². The Morgan fingerprint density at radius 2 is 2.25 bits per heavy atom. The first-order valence-electron chi connectivity index (χ1n) is 6.92. The highest BCUT2D eigenvalue weighted by Gasteiger charge is 2.35. The van der Waals surface area contributed by atoms with E-state index < -0.39 is 12.0 Å². The Morgan fingerprint density at radius 1 is 1.45 bits per heavy atom.